The molecule has 1 aromatic rings. The molecule has 10 heteroatoms. The number of methoxy groups -OCH3 is 1. The predicted octanol–water partition coefficient (Wildman–Crippen LogP) is 1.24. The summed E-state index contributed by atoms with van der Waals surface area (Å²) < 4.78 is 44.8. The van der Waals surface area contributed by atoms with Crippen molar-refractivity contribution in [3.05, 3.63) is 29.3 Å². The van der Waals surface area contributed by atoms with Crippen LogP contribution in [-0.2, 0) is 9.53 Å². The maximum atomic E-state index is 12.3. The van der Waals surface area contributed by atoms with E-state index in [1.54, 1.807) is 0 Å². The number of benzene rings is 1. The fraction of sp³-hybridized carbons (Fsp3) is 0.385. The summed E-state index contributed by atoms with van der Waals surface area (Å²) in [6, 6.07) is 2.41. The summed E-state index contributed by atoms with van der Waals surface area (Å²) in [4.78, 5) is 21.9. The van der Waals surface area contributed by atoms with E-state index in [9.17, 15) is 33.0 Å². The first-order valence-corrected chi connectivity index (χ1v) is 6.11. The number of carboxylic acids is 1. The highest BCUT2D eigenvalue weighted by molar-refractivity contribution is 5.91. The van der Waals surface area contributed by atoms with Crippen molar-refractivity contribution < 1.29 is 47.6 Å². The number of carboxylic acid groups (broad SMARTS) is 1. The molecule has 0 aliphatic heterocycles. The molecule has 0 saturated carbocycles. The van der Waals surface area contributed by atoms with Crippen molar-refractivity contribution in [2.45, 2.75) is 25.0 Å². The average molecular weight is 338 g/mol. The van der Waals surface area contributed by atoms with Gasteiger partial charge in [0.25, 0.3) is 0 Å². The fourth-order valence-corrected chi connectivity index (χ4v) is 1.70. The Morgan fingerprint density at radius 1 is 1.26 bits per heavy atom. The van der Waals surface area contributed by atoms with Crippen LogP contribution in [0.4, 0.5) is 13.2 Å². The van der Waals surface area contributed by atoms with E-state index in [0.29, 0.717) is 6.07 Å². The van der Waals surface area contributed by atoms with Crippen LogP contribution >= 0.6 is 0 Å². The maximum Gasteiger partial charge on any atom is 0.573 e. The zero-order valence-electron chi connectivity index (χ0n) is 11.7. The van der Waals surface area contributed by atoms with Gasteiger partial charge >= 0.3 is 18.3 Å². The number of esters is 1. The van der Waals surface area contributed by atoms with Crippen molar-refractivity contribution in [3.8, 4) is 5.75 Å². The number of carbonyl (C=O) groups is 2. The van der Waals surface area contributed by atoms with Crippen LogP contribution in [0.15, 0.2) is 18.2 Å². The van der Waals surface area contributed by atoms with Crippen LogP contribution in [0.1, 0.15) is 28.4 Å². The number of alkyl halides is 3. The topological polar surface area (TPSA) is 113 Å². The van der Waals surface area contributed by atoms with Gasteiger partial charge in [0.1, 0.15) is 17.4 Å². The molecule has 2 atom stereocenters. The summed E-state index contributed by atoms with van der Waals surface area (Å²) >= 11 is 0. The Morgan fingerprint density at radius 2 is 1.87 bits per heavy atom. The van der Waals surface area contributed by atoms with Gasteiger partial charge in [-0.15, -0.1) is 13.2 Å². The van der Waals surface area contributed by atoms with Gasteiger partial charge in [-0.05, 0) is 17.7 Å². The van der Waals surface area contributed by atoms with E-state index >= 15 is 0 Å². The monoisotopic (exact) mass is 338 g/mol. The van der Waals surface area contributed by atoms with E-state index < -0.39 is 48.2 Å². The number of ether oxygens (including phenoxy) is 2. The number of rotatable bonds is 6. The molecular weight excluding hydrogens is 325 g/mol. The van der Waals surface area contributed by atoms with Gasteiger partial charge in [-0.3, -0.25) is 4.79 Å². The summed E-state index contributed by atoms with van der Waals surface area (Å²) in [6.45, 7) is 0. The van der Waals surface area contributed by atoms with Crippen LogP contribution < -0.4 is 4.74 Å². The first kappa shape index (κ1) is 18.7. The second kappa shape index (κ2) is 7.29. The lowest BCUT2D eigenvalue weighted by Gasteiger charge is -2.19. The molecule has 2 unspecified atom stereocenters. The molecule has 0 aliphatic carbocycles. The third-order valence-electron chi connectivity index (χ3n) is 2.77. The largest absolute Gasteiger partial charge is 0.573 e. The van der Waals surface area contributed by atoms with E-state index in [4.69, 9.17) is 5.11 Å². The quantitative estimate of drug-likeness (QED) is 0.669. The minimum absolute atomic E-state index is 0.259. The van der Waals surface area contributed by atoms with Gasteiger partial charge in [0.2, 0.25) is 0 Å². The van der Waals surface area contributed by atoms with E-state index in [0.717, 1.165) is 19.2 Å². The number of aliphatic hydroxyl groups is 2. The molecule has 0 aliphatic rings. The summed E-state index contributed by atoms with van der Waals surface area (Å²) in [5, 5.41) is 28.3. The molecule has 23 heavy (non-hydrogen) atoms. The van der Waals surface area contributed by atoms with Crippen LogP contribution in [0.5, 0.6) is 5.75 Å². The van der Waals surface area contributed by atoms with Crippen molar-refractivity contribution in [1.82, 2.24) is 0 Å². The lowest BCUT2D eigenvalue weighted by atomic mass is 10.00. The normalized spacial score (nSPS) is 14.0. The second-order valence-electron chi connectivity index (χ2n) is 4.40. The Bertz CT molecular complexity index is 585. The van der Waals surface area contributed by atoms with Crippen LogP contribution in [0.25, 0.3) is 0 Å². The first-order chi connectivity index (χ1) is 10.5. The predicted molar refractivity (Wildman–Crippen MR) is 67.7 cm³/mol. The van der Waals surface area contributed by atoms with Crippen molar-refractivity contribution in [3.63, 3.8) is 0 Å². The lowest BCUT2D eigenvalue weighted by Crippen LogP contribution is -2.23. The van der Waals surface area contributed by atoms with Gasteiger partial charge in [-0.2, -0.15) is 0 Å². The number of aliphatic hydroxyl groups excluding tert-OH is 2. The standard InChI is InChI=1S/C13H13F3O7/c1-22-10(18)5-8(17)11(19)6-2-3-7(12(20)21)9(4-6)23-13(14,15)16/h2-4,8,11,17,19H,5H2,1H3,(H,20,21). The smallest absolute Gasteiger partial charge is 0.478 e. The molecule has 1 rings (SSSR count). The zero-order chi connectivity index (χ0) is 17.8. The summed E-state index contributed by atoms with van der Waals surface area (Å²) in [5.74, 6) is -3.56. The maximum absolute atomic E-state index is 12.3. The molecular formula is C13H13F3O7. The van der Waals surface area contributed by atoms with Crippen molar-refractivity contribution in [2.24, 2.45) is 0 Å². The molecule has 128 valence electrons. The van der Waals surface area contributed by atoms with Gasteiger partial charge in [0.15, 0.2) is 0 Å². The van der Waals surface area contributed by atoms with Crippen LogP contribution in [0.2, 0.25) is 0 Å². The van der Waals surface area contributed by atoms with Gasteiger partial charge in [0, 0.05) is 0 Å². The third-order valence-corrected chi connectivity index (χ3v) is 2.77. The van der Waals surface area contributed by atoms with Gasteiger partial charge in [0.05, 0.1) is 19.6 Å². The Morgan fingerprint density at radius 3 is 2.35 bits per heavy atom. The highest BCUT2D eigenvalue weighted by Crippen LogP contribution is 2.30. The van der Waals surface area contributed by atoms with E-state index in [1.807, 2.05) is 0 Å². The van der Waals surface area contributed by atoms with E-state index in [-0.39, 0.29) is 5.56 Å². The number of hydrogen-bond acceptors (Lipinski definition) is 6. The number of halogens is 3. The molecule has 0 saturated heterocycles. The minimum Gasteiger partial charge on any atom is -0.478 e. The average Bonchev–Trinajstić information content (AvgIpc) is 2.44. The molecule has 3 N–H and O–H groups in total. The Balaban J connectivity index is 3.10. The van der Waals surface area contributed by atoms with E-state index in [1.165, 1.54) is 0 Å². The number of aromatic carboxylic acids is 1. The fourth-order valence-electron chi connectivity index (χ4n) is 1.70. The molecule has 0 heterocycles. The van der Waals surface area contributed by atoms with Gasteiger partial charge < -0.3 is 24.8 Å². The first-order valence-electron chi connectivity index (χ1n) is 6.11. The molecule has 0 radical (unpaired) electrons. The van der Waals surface area contributed by atoms with Crippen LogP contribution in [0, 0.1) is 0 Å². The molecule has 0 amide bonds. The molecule has 0 spiro atoms. The highest BCUT2D eigenvalue weighted by Gasteiger charge is 2.34. The van der Waals surface area contributed by atoms with Crippen LogP contribution in [-0.4, -0.2) is 46.8 Å². The lowest BCUT2D eigenvalue weighted by molar-refractivity contribution is -0.274. The molecule has 1 aromatic carbocycles. The summed E-state index contributed by atoms with van der Waals surface area (Å²) in [6.07, 6.45) is -9.14. The Kier molecular flexibility index (Phi) is 5.93. The SMILES string of the molecule is COC(=O)CC(O)C(O)c1ccc(C(=O)O)c(OC(F)(F)F)c1. The van der Waals surface area contributed by atoms with Crippen LogP contribution in [0.3, 0.4) is 0 Å². The number of carbonyl (C=O) groups excluding carboxylic acids is 1. The van der Waals surface area contributed by atoms with Crippen molar-refractivity contribution >= 4 is 11.9 Å². The second-order valence-corrected chi connectivity index (χ2v) is 4.40. The molecule has 0 bridgehead atoms. The summed E-state index contributed by atoms with van der Waals surface area (Å²) in [7, 11) is 1.05. The van der Waals surface area contributed by atoms with Crippen molar-refractivity contribution in [1.29, 1.82) is 0 Å². The van der Waals surface area contributed by atoms with Gasteiger partial charge in [-0.1, -0.05) is 6.07 Å². The Hall–Kier alpha value is -2.33. The van der Waals surface area contributed by atoms with E-state index in [2.05, 4.69) is 9.47 Å². The highest BCUT2D eigenvalue weighted by atomic mass is 19.4. The third kappa shape index (κ3) is 5.42. The zero-order valence-corrected chi connectivity index (χ0v) is 11.7. The molecule has 0 aromatic heterocycles. The summed E-state index contributed by atoms with van der Waals surface area (Å²) in [5.41, 5.74) is -1.04. The van der Waals surface area contributed by atoms with Crippen molar-refractivity contribution in [2.75, 3.05) is 7.11 Å². The molecule has 0 fully saturated rings. The minimum atomic E-state index is -5.14. The Labute approximate surface area is 127 Å². The molecule has 7 nitrogen and oxygen atoms in total. The number of hydrogen-bond donors (Lipinski definition) is 3. The van der Waals surface area contributed by atoms with Gasteiger partial charge in [-0.25, -0.2) is 4.79 Å².